The van der Waals surface area contributed by atoms with Crippen LogP contribution in [0.4, 0.5) is 10.8 Å². The first kappa shape index (κ1) is 12.2. The molecule has 0 aliphatic rings. The SMILES string of the molecule is CC(C)c1ccccc1Nc1nc2ccccc2s1. The Morgan fingerprint density at radius 1 is 1.00 bits per heavy atom. The van der Waals surface area contributed by atoms with Crippen LogP contribution in [0.5, 0.6) is 0 Å². The average molecular weight is 268 g/mol. The molecule has 0 aliphatic carbocycles. The second-order valence-corrected chi connectivity index (χ2v) is 5.88. The van der Waals surface area contributed by atoms with E-state index in [2.05, 4.69) is 54.5 Å². The van der Waals surface area contributed by atoms with E-state index >= 15 is 0 Å². The molecule has 0 bridgehead atoms. The van der Waals surface area contributed by atoms with Crippen molar-refractivity contribution in [2.75, 3.05) is 5.32 Å². The zero-order chi connectivity index (χ0) is 13.2. The summed E-state index contributed by atoms with van der Waals surface area (Å²) in [5.41, 5.74) is 3.52. The lowest BCUT2D eigenvalue weighted by Gasteiger charge is -2.12. The van der Waals surface area contributed by atoms with Gasteiger partial charge < -0.3 is 5.32 Å². The maximum atomic E-state index is 4.62. The molecule has 2 nitrogen and oxygen atoms in total. The van der Waals surface area contributed by atoms with Crippen molar-refractivity contribution < 1.29 is 0 Å². The highest BCUT2D eigenvalue weighted by molar-refractivity contribution is 7.22. The van der Waals surface area contributed by atoms with Crippen LogP contribution in [0.3, 0.4) is 0 Å². The van der Waals surface area contributed by atoms with Crippen molar-refractivity contribution in [3.05, 3.63) is 54.1 Å². The van der Waals surface area contributed by atoms with Crippen LogP contribution in [0.25, 0.3) is 10.2 Å². The summed E-state index contributed by atoms with van der Waals surface area (Å²) >= 11 is 1.69. The molecule has 2 aromatic carbocycles. The van der Waals surface area contributed by atoms with E-state index in [1.54, 1.807) is 11.3 Å². The van der Waals surface area contributed by atoms with Crippen molar-refractivity contribution in [1.82, 2.24) is 4.98 Å². The molecule has 3 rings (SSSR count). The molecule has 0 saturated carbocycles. The predicted octanol–water partition coefficient (Wildman–Crippen LogP) is 5.16. The molecule has 0 unspecified atom stereocenters. The lowest BCUT2D eigenvalue weighted by molar-refractivity contribution is 0.869. The molecule has 3 aromatic rings. The van der Waals surface area contributed by atoms with E-state index in [-0.39, 0.29) is 0 Å². The summed E-state index contributed by atoms with van der Waals surface area (Å²) < 4.78 is 1.21. The Hall–Kier alpha value is -1.87. The number of nitrogens with zero attached hydrogens (tertiary/aromatic N) is 1. The molecule has 0 saturated heterocycles. The maximum Gasteiger partial charge on any atom is 0.188 e. The highest BCUT2D eigenvalue weighted by atomic mass is 32.1. The van der Waals surface area contributed by atoms with E-state index in [4.69, 9.17) is 0 Å². The average Bonchev–Trinajstić information content (AvgIpc) is 2.81. The first-order valence-corrected chi connectivity index (χ1v) is 7.27. The van der Waals surface area contributed by atoms with Crippen LogP contribution in [0.2, 0.25) is 0 Å². The minimum Gasteiger partial charge on any atom is -0.331 e. The Bertz CT molecular complexity index is 668. The van der Waals surface area contributed by atoms with Crippen molar-refractivity contribution in [2.24, 2.45) is 0 Å². The number of anilines is 2. The van der Waals surface area contributed by atoms with Crippen molar-refractivity contribution in [1.29, 1.82) is 0 Å². The van der Waals surface area contributed by atoms with E-state index in [9.17, 15) is 0 Å². The van der Waals surface area contributed by atoms with Gasteiger partial charge in [0.1, 0.15) is 0 Å². The molecular weight excluding hydrogens is 252 g/mol. The fraction of sp³-hybridized carbons (Fsp3) is 0.188. The molecule has 0 atom stereocenters. The number of fused-ring (bicyclic) bond motifs is 1. The molecule has 96 valence electrons. The van der Waals surface area contributed by atoms with Crippen molar-refractivity contribution in [3.63, 3.8) is 0 Å². The maximum absolute atomic E-state index is 4.62. The van der Waals surface area contributed by atoms with E-state index < -0.39 is 0 Å². The number of rotatable bonds is 3. The Morgan fingerprint density at radius 3 is 2.53 bits per heavy atom. The summed E-state index contributed by atoms with van der Waals surface area (Å²) in [6.45, 7) is 4.41. The van der Waals surface area contributed by atoms with Crippen LogP contribution < -0.4 is 5.32 Å². The molecule has 0 spiro atoms. The summed E-state index contributed by atoms with van der Waals surface area (Å²) in [6, 6.07) is 16.6. The molecule has 1 heterocycles. The molecule has 0 aliphatic heterocycles. The van der Waals surface area contributed by atoms with Crippen molar-refractivity contribution in [2.45, 2.75) is 19.8 Å². The highest BCUT2D eigenvalue weighted by Crippen LogP contribution is 2.31. The Morgan fingerprint density at radius 2 is 1.74 bits per heavy atom. The number of thiazole rings is 1. The van der Waals surface area contributed by atoms with E-state index in [1.165, 1.54) is 10.3 Å². The van der Waals surface area contributed by atoms with E-state index in [0.717, 1.165) is 16.3 Å². The van der Waals surface area contributed by atoms with Gasteiger partial charge in [-0.3, -0.25) is 0 Å². The fourth-order valence-corrected chi connectivity index (χ4v) is 3.03. The van der Waals surface area contributed by atoms with Crippen LogP contribution >= 0.6 is 11.3 Å². The van der Waals surface area contributed by atoms with Gasteiger partial charge in [0.15, 0.2) is 5.13 Å². The second-order valence-electron chi connectivity index (χ2n) is 4.85. The van der Waals surface area contributed by atoms with Gasteiger partial charge in [-0.1, -0.05) is 55.5 Å². The zero-order valence-electron chi connectivity index (χ0n) is 11.1. The van der Waals surface area contributed by atoms with Crippen LogP contribution in [0.1, 0.15) is 25.3 Å². The summed E-state index contributed by atoms with van der Waals surface area (Å²) in [7, 11) is 0. The van der Waals surface area contributed by atoms with Gasteiger partial charge in [-0.2, -0.15) is 0 Å². The van der Waals surface area contributed by atoms with Gasteiger partial charge >= 0.3 is 0 Å². The number of hydrogen-bond donors (Lipinski definition) is 1. The molecule has 3 heteroatoms. The minimum absolute atomic E-state index is 0.498. The van der Waals surface area contributed by atoms with Gasteiger partial charge in [0, 0.05) is 5.69 Å². The Kier molecular flexibility index (Phi) is 3.22. The quantitative estimate of drug-likeness (QED) is 0.709. The van der Waals surface area contributed by atoms with Crippen LogP contribution in [-0.4, -0.2) is 4.98 Å². The van der Waals surface area contributed by atoms with Crippen LogP contribution in [-0.2, 0) is 0 Å². The molecule has 0 amide bonds. The highest BCUT2D eigenvalue weighted by Gasteiger charge is 2.08. The predicted molar refractivity (Wildman–Crippen MR) is 83.4 cm³/mol. The van der Waals surface area contributed by atoms with Crippen molar-refractivity contribution in [3.8, 4) is 0 Å². The second kappa shape index (κ2) is 5.02. The standard InChI is InChI=1S/C16H16N2S/c1-11(2)12-7-3-4-8-13(12)17-16-18-14-9-5-6-10-15(14)19-16/h3-11H,1-2H3,(H,17,18). The third-order valence-corrected chi connectivity index (χ3v) is 4.07. The largest absolute Gasteiger partial charge is 0.331 e. The van der Waals surface area contributed by atoms with Gasteiger partial charge in [-0.15, -0.1) is 0 Å². The zero-order valence-corrected chi connectivity index (χ0v) is 11.9. The van der Waals surface area contributed by atoms with E-state index in [0.29, 0.717) is 5.92 Å². The lowest BCUT2D eigenvalue weighted by Crippen LogP contribution is -1.96. The molecule has 0 fully saturated rings. The minimum atomic E-state index is 0.498. The number of benzene rings is 2. The lowest BCUT2D eigenvalue weighted by atomic mass is 10.0. The molecule has 19 heavy (non-hydrogen) atoms. The first-order chi connectivity index (χ1) is 9.24. The number of para-hydroxylation sites is 2. The normalized spacial score (nSPS) is 11.1. The number of aromatic nitrogens is 1. The third-order valence-electron chi connectivity index (χ3n) is 3.12. The van der Waals surface area contributed by atoms with Gasteiger partial charge in [-0.05, 0) is 29.7 Å². The van der Waals surface area contributed by atoms with Gasteiger partial charge in [0.05, 0.1) is 10.2 Å². The molecule has 0 radical (unpaired) electrons. The third kappa shape index (κ3) is 2.47. The Balaban J connectivity index is 1.97. The molecular formula is C16H16N2S. The molecule has 1 N–H and O–H groups in total. The monoisotopic (exact) mass is 268 g/mol. The van der Waals surface area contributed by atoms with E-state index in [1.807, 2.05) is 18.2 Å². The fourth-order valence-electron chi connectivity index (χ4n) is 2.16. The van der Waals surface area contributed by atoms with Gasteiger partial charge in [0.25, 0.3) is 0 Å². The Labute approximate surface area is 117 Å². The first-order valence-electron chi connectivity index (χ1n) is 6.45. The van der Waals surface area contributed by atoms with Gasteiger partial charge in [-0.25, -0.2) is 4.98 Å². The van der Waals surface area contributed by atoms with Crippen LogP contribution in [0, 0.1) is 0 Å². The summed E-state index contributed by atoms with van der Waals surface area (Å²) in [6.07, 6.45) is 0. The van der Waals surface area contributed by atoms with Crippen molar-refractivity contribution >= 4 is 32.4 Å². The summed E-state index contributed by atoms with van der Waals surface area (Å²) in [4.78, 5) is 4.62. The van der Waals surface area contributed by atoms with Crippen LogP contribution in [0.15, 0.2) is 48.5 Å². The topological polar surface area (TPSA) is 24.9 Å². The summed E-state index contributed by atoms with van der Waals surface area (Å²) in [5, 5.41) is 4.40. The smallest absolute Gasteiger partial charge is 0.188 e. The van der Waals surface area contributed by atoms with Gasteiger partial charge in [0.2, 0.25) is 0 Å². The number of hydrogen-bond acceptors (Lipinski definition) is 3. The molecule has 1 aromatic heterocycles. The number of nitrogens with one attached hydrogen (secondary N) is 1. The summed E-state index contributed by atoms with van der Waals surface area (Å²) in [5.74, 6) is 0.498.